The van der Waals surface area contributed by atoms with E-state index in [0.29, 0.717) is 0 Å². The van der Waals surface area contributed by atoms with E-state index in [0.717, 1.165) is 6.42 Å². The molecule has 0 aromatic heterocycles. The molecule has 0 bridgehead atoms. The van der Waals surface area contributed by atoms with Crippen LogP contribution in [-0.2, 0) is 0 Å². The highest BCUT2D eigenvalue weighted by Gasteiger charge is 2.62. The average molecular weight is 120 g/mol. The van der Waals surface area contributed by atoms with Gasteiger partial charge in [-0.1, -0.05) is 0 Å². The topological polar surface area (TPSA) is 47.6 Å². The van der Waals surface area contributed by atoms with E-state index in [2.05, 4.69) is 12.1 Å². The standard InChI is InChI=1S/C7H8N2/c1-6(4-8)3-7(6,2)5-9/h3H2,1-2H3/t6-,7+. The van der Waals surface area contributed by atoms with Gasteiger partial charge in [-0.05, 0) is 20.3 Å². The van der Waals surface area contributed by atoms with Crippen LogP contribution < -0.4 is 0 Å². The lowest BCUT2D eigenvalue weighted by Gasteiger charge is -1.98. The zero-order valence-corrected chi connectivity index (χ0v) is 5.60. The van der Waals surface area contributed by atoms with E-state index in [1.54, 1.807) is 0 Å². The third-order valence-electron chi connectivity index (χ3n) is 2.29. The minimum Gasteiger partial charge on any atom is -0.198 e. The molecule has 0 aromatic rings. The summed E-state index contributed by atoms with van der Waals surface area (Å²) in [5, 5.41) is 17.1. The van der Waals surface area contributed by atoms with Gasteiger partial charge in [0.2, 0.25) is 0 Å². The summed E-state index contributed by atoms with van der Waals surface area (Å²) in [5.74, 6) is 0. The summed E-state index contributed by atoms with van der Waals surface area (Å²) in [4.78, 5) is 0. The minimum absolute atomic E-state index is 0.359. The Balaban J connectivity index is 2.83. The Hall–Kier alpha value is -1.02. The first-order chi connectivity index (χ1) is 4.08. The third-order valence-corrected chi connectivity index (χ3v) is 2.29. The molecular weight excluding hydrogens is 112 g/mol. The molecule has 2 nitrogen and oxygen atoms in total. The van der Waals surface area contributed by atoms with E-state index >= 15 is 0 Å². The normalized spacial score (nSPS) is 47.1. The van der Waals surface area contributed by atoms with Gasteiger partial charge in [0, 0.05) is 0 Å². The van der Waals surface area contributed by atoms with Gasteiger partial charge in [0.15, 0.2) is 0 Å². The smallest absolute Gasteiger partial charge is 0.0745 e. The zero-order chi connectivity index (χ0) is 7.12. The summed E-state index contributed by atoms with van der Waals surface area (Å²) < 4.78 is 0. The van der Waals surface area contributed by atoms with Crippen LogP contribution in [0.1, 0.15) is 20.3 Å². The second kappa shape index (κ2) is 1.28. The first-order valence-electron chi connectivity index (χ1n) is 2.90. The molecule has 1 aliphatic carbocycles. The van der Waals surface area contributed by atoms with Crippen LogP contribution in [0.15, 0.2) is 0 Å². The molecule has 0 heterocycles. The highest BCUT2D eigenvalue weighted by Crippen LogP contribution is 2.62. The van der Waals surface area contributed by atoms with Crippen LogP contribution in [0.25, 0.3) is 0 Å². The van der Waals surface area contributed by atoms with Crippen molar-refractivity contribution < 1.29 is 0 Å². The first kappa shape index (κ1) is 6.11. The summed E-state index contributed by atoms with van der Waals surface area (Å²) in [6.07, 6.45) is 0.729. The molecule has 2 atom stereocenters. The monoisotopic (exact) mass is 120 g/mol. The number of hydrogen-bond acceptors (Lipinski definition) is 2. The Bertz CT molecular complexity index is 196. The van der Waals surface area contributed by atoms with Crippen molar-refractivity contribution >= 4 is 0 Å². The van der Waals surface area contributed by atoms with Gasteiger partial charge >= 0.3 is 0 Å². The summed E-state index contributed by atoms with van der Waals surface area (Å²) in [7, 11) is 0. The molecule has 9 heavy (non-hydrogen) atoms. The fourth-order valence-electron chi connectivity index (χ4n) is 0.989. The maximum absolute atomic E-state index is 8.53. The van der Waals surface area contributed by atoms with Gasteiger partial charge < -0.3 is 0 Å². The second-order valence-electron chi connectivity index (χ2n) is 3.06. The fourth-order valence-corrected chi connectivity index (χ4v) is 0.989. The Labute approximate surface area is 54.7 Å². The molecule has 0 saturated heterocycles. The molecule has 0 N–H and O–H groups in total. The lowest BCUT2D eigenvalue weighted by molar-refractivity contribution is 0.582. The summed E-state index contributed by atoms with van der Waals surface area (Å²) in [6, 6.07) is 4.27. The first-order valence-corrected chi connectivity index (χ1v) is 2.90. The number of nitrogens with zero attached hydrogens (tertiary/aromatic N) is 2. The molecule has 1 aliphatic rings. The molecule has 1 saturated carbocycles. The van der Waals surface area contributed by atoms with Gasteiger partial charge in [-0.15, -0.1) is 0 Å². The number of nitriles is 2. The van der Waals surface area contributed by atoms with Crippen molar-refractivity contribution in [1.29, 1.82) is 10.5 Å². The van der Waals surface area contributed by atoms with Crippen LogP contribution in [0.2, 0.25) is 0 Å². The molecule has 46 valence electrons. The van der Waals surface area contributed by atoms with E-state index in [1.165, 1.54) is 0 Å². The minimum atomic E-state index is -0.359. The van der Waals surface area contributed by atoms with Crippen LogP contribution in [0.5, 0.6) is 0 Å². The van der Waals surface area contributed by atoms with Gasteiger partial charge in [0.05, 0.1) is 23.0 Å². The molecule has 0 amide bonds. The molecule has 0 spiro atoms. The molecule has 1 fully saturated rings. The van der Waals surface area contributed by atoms with Gasteiger partial charge in [0.25, 0.3) is 0 Å². The van der Waals surface area contributed by atoms with Crippen LogP contribution in [0, 0.1) is 33.5 Å². The van der Waals surface area contributed by atoms with Crippen molar-refractivity contribution in [2.45, 2.75) is 20.3 Å². The Kier molecular flexibility index (Phi) is 0.866. The van der Waals surface area contributed by atoms with Crippen LogP contribution in [0.4, 0.5) is 0 Å². The van der Waals surface area contributed by atoms with Gasteiger partial charge in [-0.2, -0.15) is 10.5 Å². The fraction of sp³-hybridized carbons (Fsp3) is 0.714. The molecular formula is C7H8N2. The van der Waals surface area contributed by atoms with E-state index in [-0.39, 0.29) is 10.8 Å². The summed E-state index contributed by atoms with van der Waals surface area (Å²) >= 11 is 0. The zero-order valence-electron chi connectivity index (χ0n) is 5.60. The Morgan fingerprint density at radius 3 is 1.56 bits per heavy atom. The van der Waals surface area contributed by atoms with Crippen molar-refractivity contribution in [2.75, 3.05) is 0 Å². The number of rotatable bonds is 0. The molecule has 0 aliphatic heterocycles. The van der Waals surface area contributed by atoms with Crippen LogP contribution >= 0.6 is 0 Å². The van der Waals surface area contributed by atoms with E-state index in [9.17, 15) is 0 Å². The predicted molar refractivity (Wildman–Crippen MR) is 32.1 cm³/mol. The van der Waals surface area contributed by atoms with Gasteiger partial charge in [-0.3, -0.25) is 0 Å². The predicted octanol–water partition coefficient (Wildman–Crippen LogP) is 1.45. The van der Waals surface area contributed by atoms with Crippen molar-refractivity contribution in [2.24, 2.45) is 10.8 Å². The van der Waals surface area contributed by atoms with Crippen molar-refractivity contribution in [3.63, 3.8) is 0 Å². The van der Waals surface area contributed by atoms with Crippen LogP contribution in [0.3, 0.4) is 0 Å². The maximum Gasteiger partial charge on any atom is 0.0745 e. The van der Waals surface area contributed by atoms with E-state index in [1.807, 2.05) is 13.8 Å². The average Bonchev–Trinajstić information content (AvgIpc) is 2.39. The largest absolute Gasteiger partial charge is 0.198 e. The van der Waals surface area contributed by atoms with Crippen molar-refractivity contribution in [3.8, 4) is 12.1 Å². The van der Waals surface area contributed by atoms with E-state index in [4.69, 9.17) is 10.5 Å². The molecule has 2 heteroatoms. The molecule has 0 aromatic carbocycles. The molecule has 0 unspecified atom stereocenters. The molecule has 0 radical (unpaired) electrons. The lowest BCUT2D eigenvalue weighted by Crippen LogP contribution is -2.01. The van der Waals surface area contributed by atoms with Crippen molar-refractivity contribution in [1.82, 2.24) is 0 Å². The SMILES string of the molecule is C[C@]1(C#N)C[C@@]1(C)C#N. The van der Waals surface area contributed by atoms with Gasteiger partial charge in [-0.25, -0.2) is 0 Å². The molecule has 1 rings (SSSR count). The van der Waals surface area contributed by atoms with Crippen molar-refractivity contribution in [3.05, 3.63) is 0 Å². The highest BCUT2D eigenvalue weighted by molar-refractivity contribution is 5.29. The Morgan fingerprint density at radius 1 is 1.11 bits per heavy atom. The van der Waals surface area contributed by atoms with E-state index < -0.39 is 0 Å². The summed E-state index contributed by atoms with van der Waals surface area (Å²) in [6.45, 7) is 3.66. The number of hydrogen-bond donors (Lipinski definition) is 0. The third kappa shape index (κ3) is 0.535. The quantitative estimate of drug-likeness (QED) is 0.485. The maximum atomic E-state index is 8.53. The lowest BCUT2D eigenvalue weighted by atomic mass is 10.00. The van der Waals surface area contributed by atoms with Gasteiger partial charge in [0.1, 0.15) is 0 Å². The summed E-state index contributed by atoms with van der Waals surface area (Å²) in [5.41, 5.74) is -0.719. The Morgan fingerprint density at radius 2 is 1.44 bits per heavy atom. The highest BCUT2D eigenvalue weighted by atomic mass is 14.6. The van der Waals surface area contributed by atoms with Crippen LogP contribution in [-0.4, -0.2) is 0 Å². The second-order valence-corrected chi connectivity index (χ2v) is 3.06.